The molecule has 4 nitrogen and oxygen atoms in total. The topological polar surface area (TPSA) is 32.8 Å². The lowest BCUT2D eigenvalue weighted by molar-refractivity contribution is -0.137. The second-order valence-electron chi connectivity index (χ2n) is 5.37. The fourth-order valence-electron chi connectivity index (χ4n) is 2.46. The van der Waals surface area contributed by atoms with Crippen LogP contribution in [0.2, 0.25) is 0 Å². The average molecular weight is 306 g/mol. The summed E-state index contributed by atoms with van der Waals surface area (Å²) in [6.45, 7) is 12.8. The third kappa shape index (κ3) is 6.06. The van der Waals surface area contributed by atoms with Crippen LogP contribution in [0.3, 0.4) is 0 Å². The highest BCUT2D eigenvalue weighted by Crippen LogP contribution is 2.12. The summed E-state index contributed by atoms with van der Waals surface area (Å²) < 4.78 is 5.73. The first kappa shape index (κ1) is 18.5. The number of likely N-dealkylation sites (N-methyl/N-ethyl adjacent to an activating group) is 1. The summed E-state index contributed by atoms with van der Waals surface area (Å²) in [6.07, 6.45) is 0.551. The Morgan fingerprint density at radius 1 is 1.05 bits per heavy atom. The van der Waals surface area contributed by atoms with Crippen LogP contribution in [0.25, 0.3) is 0 Å². The van der Waals surface area contributed by atoms with Crippen molar-refractivity contribution in [2.24, 2.45) is 0 Å². The molecule has 0 bridgehead atoms. The van der Waals surface area contributed by atoms with Crippen molar-refractivity contribution in [1.29, 1.82) is 0 Å². The van der Waals surface area contributed by atoms with E-state index in [0.717, 1.165) is 44.9 Å². The van der Waals surface area contributed by atoms with Crippen LogP contribution in [-0.2, 0) is 4.79 Å². The van der Waals surface area contributed by atoms with E-state index in [1.54, 1.807) is 0 Å². The summed E-state index contributed by atoms with van der Waals surface area (Å²) in [5.74, 6) is 0.799. The number of carbonyl (C=O) groups excluding carboxylic acids is 1. The first-order valence-corrected chi connectivity index (χ1v) is 8.35. The molecule has 0 aliphatic carbocycles. The largest absolute Gasteiger partial charge is 0.481 e. The van der Waals surface area contributed by atoms with Gasteiger partial charge < -0.3 is 14.5 Å². The highest BCUT2D eigenvalue weighted by atomic mass is 16.5. The molecule has 0 heterocycles. The molecule has 0 saturated carbocycles. The van der Waals surface area contributed by atoms with Gasteiger partial charge in [0.2, 0.25) is 0 Å². The summed E-state index contributed by atoms with van der Waals surface area (Å²) in [5.41, 5.74) is 0. The molecule has 0 spiro atoms. The van der Waals surface area contributed by atoms with Crippen molar-refractivity contribution in [2.75, 3.05) is 32.7 Å². The second kappa shape index (κ2) is 10.2. The Balaban J connectivity index is 2.45. The molecular formula is C18H30N2O2. The van der Waals surface area contributed by atoms with Crippen molar-refractivity contribution in [3.05, 3.63) is 30.3 Å². The van der Waals surface area contributed by atoms with E-state index in [1.807, 2.05) is 49.1 Å². The van der Waals surface area contributed by atoms with Crippen LogP contribution in [0.5, 0.6) is 5.75 Å². The van der Waals surface area contributed by atoms with Crippen LogP contribution in [-0.4, -0.2) is 54.5 Å². The molecule has 0 radical (unpaired) electrons. The highest BCUT2D eigenvalue weighted by molar-refractivity contribution is 5.80. The summed E-state index contributed by atoms with van der Waals surface area (Å²) >= 11 is 0. The predicted molar refractivity (Wildman–Crippen MR) is 91.2 cm³/mol. The van der Waals surface area contributed by atoms with Crippen molar-refractivity contribution in [2.45, 2.75) is 40.2 Å². The van der Waals surface area contributed by atoms with E-state index in [0.29, 0.717) is 0 Å². The van der Waals surface area contributed by atoms with Gasteiger partial charge in [-0.05, 0) is 52.0 Å². The third-order valence-electron chi connectivity index (χ3n) is 3.89. The van der Waals surface area contributed by atoms with Gasteiger partial charge in [-0.3, -0.25) is 4.79 Å². The van der Waals surface area contributed by atoms with E-state index in [2.05, 4.69) is 18.7 Å². The molecule has 0 aliphatic rings. The molecule has 124 valence electrons. The fourth-order valence-corrected chi connectivity index (χ4v) is 2.46. The monoisotopic (exact) mass is 306 g/mol. The standard InChI is InChI=1S/C18H30N2O2/c1-5-19(6-2)14-11-15-20(7-3)18(21)16(4)22-17-12-9-8-10-13-17/h8-10,12-13,16H,5-7,11,14-15H2,1-4H3/t16-/m1/s1. The zero-order valence-electron chi connectivity index (χ0n) is 14.4. The minimum atomic E-state index is -0.448. The lowest BCUT2D eigenvalue weighted by atomic mass is 10.2. The van der Waals surface area contributed by atoms with Crippen LogP contribution in [0.4, 0.5) is 0 Å². The Kier molecular flexibility index (Phi) is 8.60. The van der Waals surface area contributed by atoms with Gasteiger partial charge in [0.15, 0.2) is 6.10 Å². The normalized spacial score (nSPS) is 12.2. The summed E-state index contributed by atoms with van der Waals surface area (Å²) in [7, 11) is 0. The molecule has 0 fully saturated rings. The molecule has 0 saturated heterocycles. The maximum atomic E-state index is 12.5. The van der Waals surface area contributed by atoms with Crippen molar-refractivity contribution in [1.82, 2.24) is 9.80 Å². The van der Waals surface area contributed by atoms with Crippen molar-refractivity contribution in [3.8, 4) is 5.75 Å². The van der Waals surface area contributed by atoms with Gasteiger partial charge in [0, 0.05) is 13.1 Å². The van der Waals surface area contributed by atoms with Gasteiger partial charge in [-0.1, -0.05) is 32.0 Å². The van der Waals surface area contributed by atoms with Gasteiger partial charge >= 0.3 is 0 Å². The van der Waals surface area contributed by atoms with Gasteiger partial charge in [-0.25, -0.2) is 0 Å². The van der Waals surface area contributed by atoms with Crippen LogP contribution in [0, 0.1) is 0 Å². The van der Waals surface area contributed by atoms with E-state index in [-0.39, 0.29) is 5.91 Å². The number of ether oxygens (including phenoxy) is 1. The number of hydrogen-bond donors (Lipinski definition) is 0. The Hall–Kier alpha value is -1.55. The number of nitrogens with zero attached hydrogens (tertiary/aromatic N) is 2. The number of para-hydroxylation sites is 1. The summed E-state index contributed by atoms with van der Waals surface area (Å²) in [6, 6.07) is 9.51. The van der Waals surface area contributed by atoms with Crippen molar-refractivity contribution in [3.63, 3.8) is 0 Å². The molecule has 1 atom stereocenters. The van der Waals surface area contributed by atoms with Crippen molar-refractivity contribution < 1.29 is 9.53 Å². The lowest BCUT2D eigenvalue weighted by Crippen LogP contribution is -2.41. The maximum Gasteiger partial charge on any atom is 0.263 e. The van der Waals surface area contributed by atoms with Gasteiger partial charge in [-0.2, -0.15) is 0 Å². The molecule has 0 aliphatic heterocycles. The fraction of sp³-hybridized carbons (Fsp3) is 0.611. The average Bonchev–Trinajstić information content (AvgIpc) is 2.55. The van der Waals surface area contributed by atoms with Crippen LogP contribution in [0.15, 0.2) is 30.3 Å². The molecule has 1 amide bonds. The van der Waals surface area contributed by atoms with Crippen LogP contribution in [0.1, 0.15) is 34.1 Å². The molecule has 0 unspecified atom stereocenters. The molecule has 22 heavy (non-hydrogen) atoms. The lowest BCUT2D eigenvalue weighted by Gasteiger charge is -2.26. The molecular weight excluding hydrogens is 276 g/mol. The van der Waals surface area contributed by atoms with E-state index in [4.69, 9.17) is 4.74 Å². The molecule has 1 aromatic carbocycles. The van der Waals surface area contributed by atoms with Gasteiger partial charge in [0.05, 0.1) is 0 Å². The van der Waals surface area contributed by atoms with Crippen LogP contribution >= 0.6 is 0 Å². The van der Waals surface area contributed by atoms with E-state index in [9.17, 15) is 4.79 Å². The molecule has 1 rings (SSSR count). The zero-order valence-corrected chi connectivity index (χ0v) is 14.4. The number of carbonyl (C=O) groups is 1. The van der Waals surface area contributed by atoms with E-state index < -0.39 is 6.10 Å². The number of rotatable bonds is 10. The Morgan fingerprint density at radius 3 is 2.23 bits per heavy atom. The minimum absolute atomic E-state index is 0.0610. The molecule has 4 heteroatoms. The number of amides is 1. The van der Waals surface area contributed by atoms with Gasteiger partial charge in [0.1, 0.15) is 5.75 Å². The number of hydrogen-bond acceptors (Lipinski definition) is 3. The van der Waals surface area contributed by atoms with Gasteiger partial charge in [-0.15, -0.1) is 0 Å². The summed E-state index contributed by atoms with van der Waals surface area (Å²) in [5, 5.41) is 0. The third-order valence-corrected chi connectivity index (χ3v) is 3.89. The van der Waals surface area contributed by atoms with E-state index in [1.165, 1.54) is 0 Å². The van der Waals surface area contributed by atoms with E-state index >= 15 is 0 Å². The minimum Gasteiger partial charge on any atom is -0.481 e. The molecule has 0 N–H and O–H groups in total. The molecule has 1 aromatic rings. The zero-order chi connectivity index (χ0) is 16.4. The Labute approximate surface area is 135 Å². The van der Waals surface area contributed by atoms with Crippen LogP contribution < -0.4 is 4.74 Å². The first-order valence-electron chi connectivity index (χ1n) is 8.35. The smallest absolute Gasteiger partial charge is 0.263 e. The second-order valence-corrected chi connectivity index (χ2v) is 5.37. The van der Waals surface area contributed by atoms with Gasteiger partial charge in [0.25, 0.3) is 5.91 Å². The number of benzene rings is 1. The Bertz CT molecular complexity index is 418. The predicted octanol–water partition coefficient (Wildman–Crippen LogP) is 3.03. The summed E-state index contributed by atoms with van der Waals surface area (Å²) in [4.78, 5) is 16.7. The van der Waals surface area contributed by atoms with Crippen molar-refractivity contribution >= 4 is 5.91 Å². The molecule has 0 aromatic heterocycles. The maximum absolute atomic E-state index is 12.5. The Morgan fingerprint density at radius 2 is 1.68 bits per heavy atom. The SMILES string of the molecule is CCN(CC)CCCN(CC)C(=O)[C@@H](C)Oc1ccccc1. The quantitative estimate of drug-likeness (QED) is 0.666. The highest BCUT2D eigenvalue weighted by Gasteiger charge is 2.20. The first-order chi connectivity index (χ1) is 10.6.